The minimum atomic E-state index is -0.501. The Morgan fingerprint density at radius 2 is 1.95 bits per heavy atom. The molecule has 0 aliphatic heterocycles. The quantitative estimate of drug-likeness (QED) is 0.487. The molecule has 126 valence electrons. The van der Waals surface area contributed by atoms with E-state index in [1.807, 2.05) is 38.1 Å². The van der Waals surface area contributed by atoms with E-state index in [9.17, 15) is 5.11 Å². The first kappa shape index (κ1) is 20.6. The fourth-order valence-electron chi connectivity index (χ4n) is 1.73. The summed E-state index contributed by atoms with van der Waals surface area (Å²) >= 11 is 0. The highest BCUT2D eigenvalue weighted by molar-refractivity contribution is 5.27. The van der Waals surface area contributed by atoms with Crippen LogP contribution in [0.1, 0.15) is 26.8 Å². The van der Waals surface area contributed by atoms with Crippen molar-refractivity contribution in [2.75, 3.05) is 26.4 Å². The second kappa shape index (κ2) is 12.2. The zero-order chi connectivity index (χ0) is 15.5. The van der Waals surface area contributed by atoms with Gasteiger partial charge in [0.05, 0.1) is 13.2 Å². The fourth-order valence-corrected chi connectivity index (χ4v) is 1.73. The van der Waals surface area contributed by atoms with Crippen LogP contribution in [0.5, 0.6) is 5.75 Å². The van der Waals surface area contributed by atoms with E-state index in [0.29, 0.717) is 32.4 Å². The van der Waals surface area contributed by atoms with Crippen LogP contribution in [-0.4, -0.2) is 43.6 Å². The smallest absolute Gasteiger partial charge is 0.119 e. The van der Waals surface area contributed by atoms with Gasteiger partial charge in [-0.05, 0) is 24.1 Å². The number of benzene rings is 1. The second-order valence-electron chi connectivity index (χ2n) is 5.29. The molecular weight excluding hydrogens is 278 g/mol. The van der Waals surface area contributed by atoms with E-state index >= 15 is 0 Å². The summed E-state index contributed by atoms with van der Waals surface area (Å²) in [5.41, 5.74) is 1.20. The number of nitrogens with one attached hydrogen (secondary N) is 1. The lowest BCUT2D eigenvalue weighted by atomic mass is 10.1. The number of hydrogen-bond acceptors (Lipinski definition) is 4. The fraction of sp³-hybridized carbons (Fsp3) is 0.556. The van der Waals surface area contributed by atoms with Gasteiger partial charge in [0.15, 0.2) is 0 Å². The van der Waals surface area contributed by atoms with Crippen LogP contribution < -0.4 is 10.1 Å². The Bertz CT molecular complexity index is 390. The van der Waals surface area contributed by atoms with Gasteiger partial charge in [-0.2, -0.15) is 0 Å². The molecule has 0 spiro atoms. The van der Waals surface area contributed by atoms with Gasteiger partial charge < -0.3 is 19.9 Å². The van der Waals surface area contributed by atoms with Crippen molar-refractivity contribution in [2.45, 2.75) is 39.8 Å². The Kier molecular flexibility index (Phi) is 11.5. The predicted octanol–water partition coefficient (Wildman–Crippen LogP) is 2.81. The first-order chi connectivity index (χ1) is 10.1. The Balaban J connectivity index is 0.00000441. The number of hydrogen-bond donors (Lipinski definition) is 2. The molecule has 0 heterocycles. The van der Waals surface area contributed by atoms with Gasteiger partial charge in [0.1, 0.15) is 18.5 Å². The second-order valence-corrected chi connectivity index (χ2v) is 5.29. The number of rotatable bonds is 11. The number of ether oxygens (including phenoxy) is 2. The molecule has 1 aromatic carbocycles. The van der Waals surface area contributed by atoms with E-state index in [1.165, 1.54) is 5.56 Å². The molecular formula is C18H31NO3. The van der Waals surface area contributed by atoms with Gasteiger partial charge in [-0.15, -0.1) is 6.58 Å². The van der Waals surface area contributed by atoms with Gasteiger partial charge in [-0.3, -0.25) is 0 Å². The van der Waals surface area contributed by atoms with Crippen molar-refractivity contribution >= 4 is 0 Å². The van der Waals surface area contributed by atoms with Crippen molar-refractivity contribution in [3.05, 3.63) is 42.5 Å². The first-order valence-electron chi connectivity index (χ1n) is 7.43. The average molecular weight is 309 g/mol. The van der Waals surface area contributed by atoms with Crippen molar-refractivity contribution in [3.63, 3.8) is 0 Å². The van der Waals surface area contributed by atoms with Crippen LogP contribution in [0, 0.1) is 0 Å². The van der Waals surface area contributed by atoms with E-state index in [4.69, 9.17) is 9.47 Å². The first-order valence-corrected chi connectivity index (χ1v) is 7.43. The molecule has 0 unspecified atom stereocenters. The molecule has 0 aliphatic rings. The minimum Gasteiger partial charge on any atom is -0.491 e. The van der Waals surface area contributed by atoms with Crippen molar-refractivity contribution in [2.24, 2.45) is 0 Å². The number of aliphatic hydroxyl groups excluding tert-OH is 1. The third kappa shape index (κ3) is 9.55. The molecule has 0 saturated carbocycles. The number of aliphatic hydroxyl groups is 1. The molecule has 4 heteroatoms. The zero-order valence-electron chi connectivity index (χ0n) is 13.0. The van der Waals surface area contributed by atoms with Gasteiger partial charge in [-0.1, -0.05) is 39.5 Å². The van der Waals surface area contributed by atoms with Crippen LogP contribution in [0.3, 0.4) is 0 Å². The summed E-state index contributed by atoms with van der Waals surface area (Å²) < 4.78 is 10.9. The van der Waals surface area contributed by atoms with E-state index in [1.54, 1.807) is 6.08 Å². The molecule has 0 aromatic heterocycles. The molecule has 1 aromatic rings. The molecule has 22 heavy (non-hydrogen) atoms. The topological polar surface area (TPSA) is 50.7 Å². The van der Waals surface area contributed by atoms with Crippen LogP contribution in [-0.2, 0) is 11.2 Å². The molecule has 2 N–H and O–H groups in total. The molecule has 4 nitrogen and oxygen atoms in total. The highest BCUT2D eigenvalue weighted by Gasteiger charge is 2.06. The zero-order valence-corrected chi connectivity index (χ0v) is 13.0. The summed E-state index contributed by atoms with van der Waals surface area (Å²) in [5.74, 6) is 0.773. The van der Waals surface area contributed by atoms with Crippen molar-refractivity contribution in [1.29, 1.82) is 0 Å². The maximum atomic E-state index is 9.77. The van der Waals surface area contributed by atoms with E-state index in [-0.39, 0.29) is 7.43 Å². The van der Waals surface area contributed by atoms with Crippen molar-refractivity contribution in [1.82, 2.24) is 5.32 Å². The maximum absolute atomic E-state index is 9.77. The van der Waals surface area contributed by atoms with Crippen LogP contribution in [0.2, 0.25) is 0 Å². The lowest BCUT2D eigenvalue weighted by Gasteiger charge is -2.15. The van der Waals surface area contributed by atoms with Gasteiger partial charge >= 0.3 is 0 Å². The summed E-state index contributed by atoms with van der Waals surface area (Å²) in [6.45, 7) is 9.81. The molecule has 0 amide bonds. The third-order valence-electron chi connectivity index (χ3n) is 2.90. The van der Waals surface area contributed by atoms with E-state index in [2.05, 4.69) is 11.9 Å². The monoisotopic (exact) mass is 309 g/mol. The molecule has 0 radical (unpaired) electrons. The van der Waals surface area contributed by atoms with Crippen LogP contribution in [0.15, 0.2) is 36.9 Å². The Labute approximate surface area is 135 Å². The van der Waals surface area contributed by atoms with Crippen LogP contribution >= 0.6 is 0 Å². The summed E-state index contributed by atoms with van der Waals surface area (Å²) in [6, 6.07) is 8.25. The average Bonchev–Trinajstić information content (AvgIpc) is 2.48. The summed E-state index contributed by atoms with van der Waals surface area (Å²) in [4.78, 5) is 0. The lowest BCUT2D eigenvalue weighted by Crippen LogP contribution is -2.35. The Morgan fingerprint density at radius 3 is 2.55 bits per heavy atom. The SMILES string of the molecule is C.C=CCOCCc1ccc(OC[C@@H](O)CNC(C)C)cc1. The summed E-state index contributed by atoms with van der Waals surface area (Å²) in [7, 11) is 0. The Hall–Kier alpha value is -1.36. The van der Waals surface area contributed by atoms with E-state index in [0.717, 1.165) is 12.2 Å². The minimum absolute atomic E-state index is 0. The lowest BCUT2D eigenvalue weighted by molar-refractivity contribution is 0.104. The molecule has 0 saturated heterocycles. The molecule has 0 fully saturated rings. The Morgan fingerprint density at radius 1 is 1.27 bits per heavy atom. The van der Waals surface area contributed by atoms with E-state index < -0.39 is 6.10 Å². The predicted molar refractivity (Wildman–Crippen MR) is 92.5 cm³/mol. The maximum Gasteiger partial charge on any atom is 0.119 e. The highest BCUT2D eigenvalue weighted by Crippen LogP contribution is 2.13. The third-order valence-corrected chi connectivity index (χ3v) is 2.90. The molecule has 0 bridgehead atoms. The highest BCUT2D eigenvalue weighted by atomic mass is 16.5. The van der Waals surface area contributed by atoms with Crippen LogP contribution in [0.25, 0.3) is 0 Å². The van der Waals surface area contributed by atoms with Crippen LogP contribution in [0.4, 0.5) is 0 Å². The normalized spacial score (nSPS) is 11.8. The summed E-state index contributed by atoms with van der Waals surface area (Å²) in [6.07, 6.45) is 2.12. The molecule has 1 atom stereocenters. The largest absolute Gasteiger partial charge is 0.491 e. The summed E-state index contributed by atoms with van der Waals surface area (Å²) in [5, 5.41) is 12.9. The van der Waals surface area contributed by atoms with Crippen molar-refractivity contribution in [3.8, 4) is 5.75 Å². The molecule has 1 rings (SSSR count). The standard InChI is InChI=1S/C17H27NO3.CH4/c1-4-10-20-11-9-15-5-7-17(8-6-15)21-13-16(19)12-18-14(2)3;/h4-8,14,16,18-19H,1,9-13H2,2-3H3;1H4/t16-;/m0./s1. The van der Waals surface area contributed by atoms with Gasteiger partial charge in [0.2, 0.25) is 0 Å². The molecule has 0 aliphatic carbocycles. The van der Waals surface area contributed by atoms with Crippen molar-refractivity contribution < 1.29 is 14.6 Å². The van der Waals surface area contributed by atoms with Gasteiger partial charge in [0, 0.05) is 12.6 Å². The van der Waals surface area contributed by atoms with Gasteiger partial charge in [-0.25, -0.2) is 0 Å². The van der Waals surface area contributed by atoms with Gasteiger partial charge in [0.25, 0.3) is 0 Å².